The van der Waals surface area contributed by atoms with E-state index in [1.54, 1.807) is 31.2 Å². The average molecular weight is 241 g/mol. The van der Waals surface area contributed by atoms with Crippen LogP contribution in [0.25, 0.3) is 6.08 Å². The number of benzene rings is 1. The van der Waals surface area contributed by atoms with Crippen LogP contribution in [-0.2, 0) is 4.79 Å². The number of phenolic OH excluding ortho intramolecular Hbond substituents is 1. The second-order valence-electron chi connectivity index (χ2n) is 2.71. The van der Waals surface area contributed by atoms with E-state index in [-0.39, 0.29) is 5.75 Å². The Labute approximate surface area is 85.0 Å². The predicted molar refractivity (Wildman–Crippen MR) is 55.5 cm³/mol. The van der Waals surface area contributed by atoms with E-state index in [4.69, 9.17) is 0 Å². The number of aldehydes is 1. The molecule has 0 bridgehead atoms. The van der Waals surface area contributed by atoms with Gasteiger partial charge < -0.3 is 5.11 Å². The first-order valence-corrected chi connectivity index (χ1v) is 4.55. The normalized spacial score (nSPS) is 11.4. The van der Waals surface area contributed by atoms with E-state index < -0.39 is 0 Å². The summed E-state index contributed by atoms with van der Waals surface area (Å²) in [5, 5.41) is 9.40. The third kappa shape index (κ3) is 2.70. The highest BCUT2D eigenvalue weighted by atomic mass is 79.9. The van der Waals surface area contributed by atoms with Crippen LogP contribution in [0.4, 0.5) is 0 Å². The largest absolute Gasteiger partial charge is 0.507 e. The lowest BCUT2D eigenvalue weighted by Crippen LogP contribution is -1.79. The van der Waals surface area contributed by atoms with Crippen LogP contribution in [-0.4, -0.2) is 11.4 Å². The van der Waals surface area contributed by atoms with Gasteiger partial charge in [0.25, 0.3) is 0 Å². The van der Waals surface area contributed by atoms with Crippen molar-refractivity contribution in [3.8, 4) is 5.75 Å². The van der Waals surface area contributed by atoms with Crippen molar-refractivity contribution < 1.29 is 9.90 Å². The number of hydrogen-bond donors (Lipinski definition) is 1. The molecule has 0 unspecified atom stereocenters. The molecular weight excluding hydrogens is 232 g/mol. The van der Waals surface area contributed by atoms with Crippen LogP contribution in [0.2, 0.25) is 0 Å². The topological polar surface area (TPSA) is 37.3 Å². The zero-order chi connectivity index (χ0) is 9.84. The number of halogens is 1. The minimum atomic E-state index is 0.171. The van der Waals surface area contributed by atoms with Crippen molar-refractivity contribution in [2.24, 2.45) is 0 Å². The van der Waals surface area contributed by atoms with Crippen LogP contribution in [0.15, 0.2) is 28.2 Å². The van der Waals surface area contributed by atoms with E-state index in [9.17, 15) is 9.90 Å². The molecule has 0 saturated heterocycles. The molecular formula is C10H9BrO2. The molecule has 0 fully saturated rings. The highest BCUT2D eigenvalue weighted by molar-refractivity contribution is 9.10. The number of hydrogen-bond acceptors (Lipinski definition) is 2. The smallest absolute Gasteiger partial charge is 0.145 e. The van der Waals surface area contributed by atoms with Gasteiger partial charge in [0.1, 0.15) is 12.0 Å². The second kappa shape index (κ2) is 4.23. The van der Waals surface area contributed by atoms with Crippen molar-refractivity contribution in [1.29, 1.82) is 0 Å². The molecule has 0 aliphatic carbocycles. The lowest BCUT2D eigenvalue weighted by molar-refractivity contribution is -0.104. The molecule has 13 heavy (non-hydrogen) atoms. The van der Waals surface area contributed by atoms with Gasteiger partial charge in [0.05, 0.1) is 0 Å². The lowest BCUT2D eigenvalue weighted by atomic mass is 10.1. The molecule has 0 atom stereocenters. The maximum atomic E-state index is 10.3. The maximum Gasteiger partial charge on any atom is 0.145 e. The maximum absolute atomic E-state index is 10.3. The van der Waals surface area contributed by atoms with Gasteiger partial charge in [-0.1, -0.05) is 15.9 Å². The SMILES string of the molecule is CC(C=O)=Cc1cc(Br)ccc1O. The Bertz CT molecular complexity index is 356. The Kier molecular flexibility index (Phi) is 3.25. The van der Waals surface area contributed by atoms with Gasteiger partial charge in [-0.25, -0.2) is 0 Å². The Morgan fingerprint density at radius 1 is 1.54 bits per heavy atom. The highest BCUT2D eigenvalue weighted by Gasteiger charge is 1.98. The summed E-state index contributed by atoms with van der Waals surface area (Å²) in [7, 11) is 0. The summed E-state index contributed by atoms with van der Waals surface area (Å²) in [6.45, 7) is 1.69. The van der Waals surface area contributed by atoms with Crippen LogP contribution in [0.1, 0.15) is 12.5 Å². The molecule has 0 amide bonds. The predicted octanol–water partition coefficient (Wildman–Crippen LogP) is 2.76. The number of rotatable bonds is 2. The van der Waals surface area contributed by atoms with Crippen molar-refractivity contribution in [2.75, 3.05) is 0 Å². The highest BCUT2D eigenvalue weighted by Crippen LogP contribution is 2.23. The number of carbonyl (C=O) groups is 1. The lowest BCUT2D eigenvalue weighted by Gasteiger charge is -1.99. The van der Waals surface area contributed by atoms with Gasteiger partial charge in [-0.05, 0) is 36.8 Å². The molecule has 68 valence electrons. The van der Waals surface area contributed by atoms with Crippen LogP contribution in [0.3, 0.4) is 0 Å². The summed E-state index contributed by atoms with van der Waals surface area (Å²) in [6, 6.07) is 5.07. The first kappa shape index (κ1) is 9.99. The summed E-state index contributed by atoms with van der Waals surface area (Å²) in [5.74, 6) is 0.171. The van der Waals surface area contributed by atoms with E-state index in [1.807, 2.05) is 0 Å². The third-order valence-corrected chi connectivity index (χ3v) is 2.05. The average Bonchev–Trinajstić information content (AvgIpc) is 2.11. The van der Waals surface area contributed by atoms with Gasteiger partial charge in [-0.3, -0.25) is 4.79 Å². The van der Waals surface area contributed by atoms with Crippen molar-refractivity contribution in [3.63, 3.8) is 0 Å². The van der Waals surface area contributed by atoms with Gasteiger partial charge in [-0.15, -0.1) is 0 Å². The molecule has 0 aliphatic heterocycles. The van der Waals surface area contributed by atoms with Gasteiger partial charge in [0.2, 0.25) is 0 Å². The fourth-order valence-corrected chi connectivity index (χ4v) is 1.30. The molecule has 0 heterocycles. The molecule has 0 aliphatic rings. The molecule has 0 aromatic heterocycles. The van der Waals surface area contributed by atoms with Crippen LogP contribution in [0.5, 0.6) is 5.75 Å². The fraction of sp³-hybridized carbons (Fsp3) is 0.100. The van der Waals surface area contributed by atoms with E-state index >= 15 is 0 Å². The van der Waals surface area contributed by atoms with Crippen molar-refractivity contribution in [3.05, 3.63) is 33.8 Å². The quantitative estimate of drug-likeness (QED) is 0.638. The van der Waals surface area contributed by atoms with Crippen molar-refractivity contribution in [2.45, 2.75) is 6.92 Å². The van der Waals surface area contributed by atoms with Crippen LogP contribution in [0, 0.1) is 0 Å². The van der Waals surface area contributed by atoms with Gasteiger partial charge >= 0.3 is 0 Å². The Balaban J connectivity index is 3.13. The van der Waals surface area contributed by atoms with E-state index in [1.165, 1.54) is 0 Å². The Morgan fingerprint density at radius 3 is 2.85 bits per heavy atom. The molecule has 0 saturated carbocycles. The minimum Gasteiger partial charge on any atom is -0.507 e. The molecule has 1 aromatic carbocycles. The van der Waals surface area contributed by atoms with Crippen molar-refractivity contribution in [1.82, 2.24) is 0 Å². The first-order valence-electron chi connectivity index (χ1n) is 3.75. The zero-order valence-corrected chi connectivity index (χ0v) is 8.71. The zero-order valence-electron chi connectivity index (χ0n) is 7.12. The monoisotopic (exact) mass is 240 g/mol. The summed E-state index contributed by atoms with van der Waals surface area (Å²) in [6.07, 6.45) is 2.38. The molecule has 0 radical (unpaired) electrons. The summed E-state index contributed by atoms with van der Waals surface area (Å²) >= 11 is 3.28. The second-order valence-corrected chi connectivity index (χ2v) is 3.63. The first-order chi connectivity index (χ1) is 6.13. The fourth-order valence-electron chi connectivity index (χ4n) is 0.920. The third-order valence-electron chi connectivity index (χ3n) is 1.56. The minimum absolute atomic E-state index is 0.171. The number of allylic oxidation sites excluding steroid dienone is 1. The van der Waals surface area contributed by atoms with E-state index in [2.05, 4.69) is 15.9 Å². The molecule has 1 aromatic rings. The number of phenols is 1. The van der Waals surface area contributed by atoms with E-state index in [0.29, 0.717) is 11.1 Å². The molecule has 1 N–H and O–H groups in total. The molecule has 3 heteroatoms. The molecule has 2 nitrogen and oxygen atoms in total. The Hall–Kier alpha value is -1.09. The molecule has 1 rings (SSSR count). The van der Waals surface area contributed by atoms with E-state index in [0.717, 1.165) is 10.8 Å². The standard InChI is InChI=1S/C10H9BrO2/c1-7(6-12)4-8-5-9(11)2-3-10(8)13/h2-6,13H,1H3. The summed E-state index contributed by atoms with van der Waals surface area (Å²) in [4.78, 5) is 10.3. The number of carbonyl (C=O) groups excluding carboxylic acids is 1. The number of aromatic hydroxyl groups is 1. The van der Waals surface area contributed by atoms with Gasteiger partial charge in [-0.2, -0.15) is 0 Å². The van der Waals surface area contributed by atoms with Crippen LogP contribution >= 0.6 is 15.9 Å². The Morgan fingerprint density at radius 2 is 2.23 bits per heavy atom. The van der Waals surface area contributed by atoms with Gasteiger partial charge in [0, 0.05) is 10.0 Å². The summed E-state index contributed by atoms with van der Waals surface area (Å²) in [5.41, 5.74) is 1.22. The van der Waals surface area contributed by atoms with Gasteiger partial charge in [0.15, 0.2) is 0 Å². The molecule has 0 spiro atoms. The van der Waals surface area contributed by atoms with Crippen molar-refractivity contribution >= 4 is 28.3 Å². The summed E-state index contributed by atoms with van der Waals surface area (Å²) < 4.78 is 0.871. The van der Waals surface area contributed by atoms with Crippen LogP contribution < -0.4 is 0 Å².